The van der Waals surface area contributed by atoms with Crippen molar-refractivity contribution in [2.24, 2.45) is 0 Å². The Morgan fingerprint density at radius 2 is 1.74 bits per heavy atom. The first-order chi connectivity index (χ1) is 29.4. The van der Waals surface area contributed by atoms with Gasteiger partial charge in [-0.25, -0.2) is 13.2 Å². The monoisotopic (exact) mass is 837 g/mol. The number of carbonyl (C=O) groups excluding carboxylic acids is 4. The first-order valence-electron chi connectivity index (χ1n) is 20.2. The molecule has 2 aromatic heterocycles. The van der Waals surface area contributed by atoms with Crippen LogP contribution in [0.25, 0.3) is 27.6 Å². The lowest BCUT2D eigenvalue weighted by Crippen LogP contribution is -2.47. The van der Waals surface area contributed by atoms with E-state index in [0.29, 0.717) is 85.0 Å². The molecule has 2 fully saturated rings. The van der Waals surface area contributed by atoms with E-state index in [2.05, 4.69) is 20.7 Å². The quantitative estimate of drug-likeness (QED) is 0.149. The molecule has 0 saturated carbocycles. The zero-order chi connectivity index (χ0) is 42.9. The van der Waals surface area contributed by atoms with Crippen LogP contribution in [0.15, 0.2) is 67.0 Å². The fraction of sp³-hybridized carbons (Fsp3) is 0.341. The molecule has 4 amide bonds. The maximum absolute atomic E-state index is 16.6. The molecule has 17 heteroatoms. The highest BCUT2D eigenvalue weighted by atomic mass is 19.1. The van der Waals surface area contributed by atoms with Crippen molar-refractivity contribution in [3.05, 3.63) is 95.7 Å². The van der Waals surface area contributed by atoms with Crippen molar-refractivity contribution >= 4 is 57.2 Å². The standard InChI is InChI=1S/C44H46F3N9O5/c1-52(2)44(60)36-22-31-30(21-29(41(47)42(31)50-36)26-6-4-13-55(25-26)40(58)11-15-56-14-5-12-48-56)28-8-7-27(20-32(28)45)53-16-18-54(19-17-53)37-24-38(61-3)35(23-33(37)46)49-34-9-10-39(57)51-43(34)59/h5-8,12,14,20-24,34,49-50H,4,9-11,13,15-19,25H2,1-3H3,(H,51,57,59). The van der Waals surface area contributed by atoms with E-state index in [1.165, 1.54) is 24.1 Å². The zero-order valence-electron chi connectivity index (χ0n) is 34.1. The van der Waals surface area contributed by atoms with Crippen molar-refractivity contribution in [3.63, 3.8) is 0 Å². The summed E-state index contributed by atoms with van der Waals surface area (Å²) >= 11 is 0. The van der Waals surface area contributed by atoms with Crippen LogP contribution in [-0.4, -0.2) is 115 Å². The van der Waals surface area contributed by atoms with Gasteiger partial charge in [-0.1, -0.05) is 6.08 Å². The van der Waals surface area contributed by atoms with Gasteiger partial charge < -0.3 is 34.6 Å². The van der Waals surface area contributed by atoms with Crippen LogP contribution in [0.3, 0.4) is 0 Å². The third kappa shape index (κ3) is 8.36. The fourth-order valence-electron chi connectivity index (χ4n) is 8.24. The van der Waals surface area contributed by atoms with Gasteiger partial charge >= 0.3 is 0 Å². The number of nitrogens with zero attached hydrogens (tertiary/aromatic N) is 6. The lowest BCUT2D eigenvalue weighted by molar-refractivity contribution is -0.134. The molecule has 0 spiro atoms. The van der Waals surface area contributed by atoms with E-state index in [0.717, 1.165) is 0 Å². The van der Waals surface area contributed by atoms with Crippen LogP contribution in [-0.2, 0) is 20.9 Å². The molecule has 8 rings (SSSR count). The summed E-state index contributed by atoms with van der Waals surface area (Å²) in [6, 6.07) is 11.9. The summed E-state index contributed by atoms with van der Waals surface area (Å²) < 4.78 is 55.9. The molecule has 5 aromatic rings. The van der Waals surface area contributed by atoms with E-state index in [4.69, 9.17) is 4.74 Å². The van der Waals surface area contributed by atoms with Gasteiger partial charge in [-0.05, 0) is 60.4 Å². The van der Waals surface area contributed by atoms with Gasteiger partial charge in [0.2, 0.25) is 17.7 Å². The number of anilines is 3. The minimum absolute atomic E-state index is 0.0592. The van der Waals surface area contributed by atoms with Gasteiger partial charge in [-0.15, -0.1) is 0 Å². The Labute approximate surface area is 349 Å². The van der Waals surface area contributed by atoms with Gasteiger partial charge in [0.15, 0.2) is 5.82 Å². The van der Waals surface area contributed by atoms with Crippen LogP contribution < -0.4 is 25.2 Å². The molecule has 318 valence electrons. The van der Waals surface area contributed by atoms with Crippen molar-refractivity contribution in [1.82, 2.24) is 29.9 Å². The molecule has 1 atom stereocenters. The molecule has 2 saturated heterocycles. The largest absolute Gasteiger partial charge is 0.495 e. The third-order valence-electron chi connectivity index (χ3n) is 11.5. The molecule has 3 aromatic carbocycles. The lowest BCUT2D eigenvalue weighted by atomic mass is 9.92. The topological polar surface area (TPSA) is 148 Å². The molecule has 5 heterocycles. The van der Waals surface area contributed by atoms with Crippen molar-refractivity contribution in [1.29, 1.82) is 0 Å². The van der Waals surface area contributed by atoms with Gasteiger partial charge in [0.1, 0.15) is 29.1 Å². The number of halogens is 3. The van der Waals surface area contributed by atoms with Crippen molar-refractivity contribution in [2.75, 3.05) is 75.6 Å². The summed E-state index contributed by atoms with van der Waals surface area (Å²) in [5, 5.41) is 9.79. The van der Waals surface area contributed by atoms with Gasteiger partial charge in [0.25, 0.3) is 5.91 Å². The predicted molar refractivity (Wildman–Crippen MR) is 225 cm³/mol. The first kappa shape index (κ1) is 41.0. The number of nitrogens with one attached hydrogen (secondary N) is 3. The molecule has 61 heavy (non-hydrogen) atoms. The number of amides is 4. The number of imide groups is 1. The number of aromatic nitrogens is 3. The van der Waals surface area contributed by atoms with E-state index in [-0.39, 0.29) is 65.9 Å². The summed E-state index contributed by atoms with van der Waals surface area (Å²) in [6.07, 6.45) is 6.51. The number of hydrogen-bond donors (Lipinski definition) is 3. The van der Waals surface area contributed by atoms with Crippen LogP contribution in [0.5, 0.6) is 5.75 Å². The minimum atomic E-state index is -0.711. The summed E-state index contributed by atoms with van der Waals surface area (Å²) in [5.41, 5.74) is 2.81. The number of ether oxygens (including phenoxy) is 1. The maximum Gasteiger partial charge on any atom is 0.269 e. The molecule has 3 aliphatic rings. The van der Waals surface area contributed by atoms with Crippen molar-refractivity contribution in [3.8, 4) is 16.9 Å². The number of fused-ring (bicyclic) bond motifs is 1. The Hall–Kier alpha value is -6.78. The van der Waals surface area contributed by atoms with Crippen LogP contribution in [0, 0.1) is 17.5 Å². The second-order valence-electron chi connectivity index (χ2n) is 15.6. The van der Waals surface area contributed by atoms with Gasteiger partial charge in [-0.2, -0.15) is 5.10 Å². The zero-order valence-corrected chi connectivity index (χ0v) is 34.1. The summed E-state index contributed by atoms with van der Waals surface area (Å²) in [5.74, 6) is -2.62. The van der Waals surface area contributed by atoms with E-state index in [9.17, 15) is 19.2 Å². The summed E-state index contributed by atoms with van der Waals surface area (Å²) in [4.78, 5) is 60.1. The number of rotatable bonds is 11. The van der Waals surface area contributed by atoms with Crippen molar-refractivity contribution in [2.45, 2.75) is 38.3 Å². The molecule has 3 aliphatic heterocycles. The van der Waals surface area contributed by atoms with Crippen LogP contribution in [0.2, 0.25) is 0 Å². The average molecular weight is 838 g/mol. The van der Waals surface area contributed by atoms with Crippen LogP contribution in [0.4, 0.5) is 30.2 Å². The first-order valence-corrected chi connectivity index (χ1v) is 20.2. The van der Waals surface area contributed by atoms with Gasteiger partial charge in [-0.3, -0.25) is 29.2 Å². The Balaban J connectivity index is 1.02. The summed E-state index contributed by atoms with van der Waals surface area (Å²) in [7, 11) is 4.63. The molecule has 0 aliphatic carbocycles. The lowest BCUT2D eigenvalue weighted by Gasteiger charge is -2.37. The Kier molecular flexibility index (Phi) is 11.5. The number of H-pyrrole nitrogens is 1. The molecular formula is C44H46F3N9O5. The van der Waals surface area contributed by atoms with Crippen LogP contribution >= 0.6 is 0 Å². The summed E-state index contributed by atoms with van der Waals surface area (Å²) in [6.45, 7) is 2.77. The van der Waals surface area contributed by atoms with Gasteiger partial charge in [0.05, 0.1) is 24.0 Å². The molecule has 14 nitrogen and oxygen atoms in total. The Morgan fingerprint density at radius 1 is 0.951 bits per heavy atom. The fourth-order valence-corrected chi connectivity index (χ4v) is 8.24. The number of benzene rings is 3. The third-order valence-corrected chi connectivity index (χ3v) is 11.5. The maximum atomic E-state index is 16.6. The number of methoxy groups -OCH3 is 1. The number of carbonyl (C=O) groups is 4. The molecule has 0 radical (unpaired) electrons. The molecular weight excluding hydrogens is 792 g/mol. The van der Waals surface area contributed by atoms with Gasteiger partial charge in [0, 0.05) is 119 Å². The van der Waals surface area contributed by atoms with E-state index in [1.54, 1.807) is 72.5 Å². The smallest absolute Gasteiger partial charge is 0.269 e. The van der Waals surface area contributed by atoms with Crippen molar-refractivity contribution < 1.29 is 37.1 Å². The molecule has 0 bridgehead atoms. The number of piperidine rings is 1. The highest BCUT2D eigenvalue weighted by Crippen LogP contribution is 2.40. The Morgan fingerprint density at radius 3 is 2.44 bits per heavy atom. The molecule has 1 unspecified atom stereocenters. The normalized spacial score (nSPS) is 17.0. The highest BCUT2D eigenvalue weighted by molar-refractivity contribution is 6.05. The van der Waals surface area contributed by atoms with Crippen LogP contribution in [0.1, 0.15) is 41.7 Å². The SMILES string of the molecule is COc1cc(N2CCN(c3ccc(-c4cc(C5=CCCN(C(=O)CCn6cccn6)C5)c(F)c5[nH]c(C(=O)N(C)C)cc45)c(F)c3)CC2)c(F)cc1NC1CCC(=O)NC1=O. The Bertz CT molecular complexity index is 2550. The molecule has 3 N–H and O–H groups in total. The predicted octanol–water partition coefficient (Wildman–Crippen LogP) is 5.41. The number of hydrogen-bond acceptors (Lipinski definition) is 9. The van der Waals surface area contributed by atoms with E-state index < -0.39 is 29.4 Å². The van der Waals surface area contributed by atoms with E-state index >= 15 is 13.2 Å². The highest BCUT2D eigenvalue weighted by Gasteiger charge is 2.30. The second kappa shape index (κ2) is 17.1. The number of aromatic amines is 1. The van der Waals surface area contributed by atoms with E-state index in [1.807, 2.05) is 15.9 Å². The number of piperazine rings is 1. The average Bonchev–Trinajstić information content (AvgIpc) is 3.96. The minimum Gasteiger partial charge on any atom is -0.495 e. The second-order valence-corrected chi connectivity index (χ2v) is 15.6. The number of aryl methyl sites for hydroxylation is 1.